The summed E-state index contributed by atoms with van der Waals surface area (Å²) in [6, 6.07) is 0. The molecule has 1 fully saturated rings. The zero-order chi connectivity index (χ0) is 20.1. The summed E-state index contributed by atoms with van der Waals surface area (Å²) in [5.41, 5.74) is 0. The molecule has 0 aromatic heterocycles. The predicted octanol–water partition coefficient (Wildman–Crippen LogP) is 3.38. The topological polar surface area (TPSA) is 98.0 Å². The van der Waals surface area contributed by atoms with Crippen LogP contribution in [0.25, 0.3) is 0 Å². The van der Waals surface area contributed by atoms with Crippen LogP contribution in [0.4, 0.5) is 0 Å². The van der Waals surface area contributed by atoms with Gasteiger partial charge in [0.2, 0.25) is 0 Å². The number of aliphatic carboxylic acids is 1. The van der Waals surface area contributed by atoms with Gasteiger partial charge in [-0.05, 0) is 38.0 Å². The molecule has 5 nitrogen and oxygen atoms in total. The van der Waals surface area contributed by atoms with Gasteiger partial charge >= 0.3 is 5.97 Å². The van der Waals surface area contributed by atoms with E-state index in [-0.39, 0.29) is 18.3 Å². The van der Waals surface area contributed by atoms with E-state index >= 15 is 0 Å². The Kier molecular flexibility index (Phi) is 11.7. The molecule has 27 heavy (non-hydrogen) atoms. The second-order valence-electron chi connectivity index (χ2n) is 7.03. The van der Waals surface area contributed by atoms with Crippen LogP contribution < -0.4 is 0 Å². The van der Waals surface area contributed by atoms with E-state index in [2.05, 4.69) is 0 Å². The maximum absolute atomic E-state index is 10.4. The molecule has 4 N–H and O–H groups in total. The van der Waals surface area contributed by atoms with E-state index in [9.17, 15) is 20.1 Å². The van der Waals surface area contributed by atoms with Crippen molar-refractivity contribution < 1.29 is 25.2 Å². The molecule has 1 aliphatic carbocycles. The molecule has 0 amide bonds. The SMILES string of the molecule is CCC(O)/C=C/C1C(O)CC(O)C1C/C=C\C/C=C\C/C=C\CCC(=O)O. The van der Waals surface area contributed by atoms with Crippen LogP contribution in [-0.4, -0.2) is 44.7 Å². The third-order valence-electron chi connectivity index (χ3n) is 4.87. The number of aliphatic hydroxyl groups excluding tert-OH is 3. The highest BCUT2D eigenvalue weighted by atomic mass is 16.4. The molecule has 5 atom stereocenters. The lowest BCUT2D eigenvalue weighted by molar-refractivity contribution is -0.136. The van der Waals surface area contributed by atoms with Crippen molar-refractivity contribution in [3.63, 3.8) is 0 Å². The highest BCUT2D eigenvalue weighted by Gasteiger charge is 2.39. The highest BCUT2D eigenvalue weighted by molar-refractivity contribution is 5.66. The summed E-state index contributed by atoms with van der Waals surface area (Å²) in [5, 5.41) is 38.5. The molecule has 0 radical (unpaired) electrons. The van der Waals surface area contributed by atoms with Crippen LogP contribution in [0.2, 0.25) is 0 Å². The Morgan fingerprint density at radius 1 is 1.04 bits per heavy atom. The number of carboxylic acids is 1. The third kappa shape index (κ3) is 9.70. The van der Waals surface area contributed by atoms with Gasteiger partial charge < -0.3 is 20.4 Å². The van der Waals surface area contributed by atoms with Crippen molar-refractivity contribution in [3.8, 4) is 0 Å². The summed E-state index contributed by atoms with van der Waals surface area (Å²) in [4.78, 5) is 10.4. The van der Waals surface area contributed by atoms with E-state index < -0.39 is 24.3 Å². The van der Waals surface area contributed by atoms with Crippen LogP contribution in [0.1, 0.15) is 51.9 Å². The number of hydrogen-bond acceptors (Lipinski definition) is 4. The lowest BCUT2D eigenvalue weighted by Crippen LogP contribution is -2.20. The van der Waals surface area contributed by atoms with Gasteiger partial charge in [-0.1, -0.05) is 55.5 Å². The third-order valence-corrected chi connectivity index (χ3v) is 4.87. The van der Waals surface area contributed by atoms with Crippen LogP contribution in [-0.2, 0) is 4.79 Å². The molecule has 0 aliphatic heterocycles. The fourth-order valence-corrected chi connectivity index (χ4v) is 3.22. The molecular formula is C22H34O5. The Labute approximate surface area is 162 Å². The van der Waals surface area contributed by atoms with E-state index in [0.717, 1.165) is 12.8 Å². The van der Waals surface area contributed by atoms with E-state index in [1.54, 1.807) is 6.08 Å². The van der Waals surface area contributed by atoms with Gasteiger partial charge in [0.1, 0.15) is 0 Å². The standard InChI is InChI=1S/C22H34O5/c1-2-17(23)14-15-19-18(20(24)16-21(19)25)12-10-8-6-4-3-5-7-9-11-13-22(26)27/h3-4,7-10,14-15,17-21,23-25H,2,5-6,11-13,16H2,1H3,(H,26,27)/b4-3-,9-7-,10-8-,15-14+. The van der Waals surface area contributed by atoms with Crippen molar-refractivity contribution in [2.24, 2.45) is 11.8 Å². The minimum Gasteiger partial charge on any atom is -0.481 e. The quantitative estimate of drug-likeness (QED) is 0.390. The monoisotopic (exact) mass is 378 g/mol. The molecule has 5 unspecified atom stereocenters. The first-order chi connectivity index (χ1) is 13.0. The van der Waals surface area contributed by atoms with Crippen molar-refractivity contribution in [2.75, 3.05) is 0 Å². The van der Waals surface area contributed by atoms with E-state index in [1.807, 2.05) is 49.5 Å². The lowest BCUT2D eigenvalue weighted by atomic mass is 9.89. The summed E-state index contributed by atoms with van der Waals surface area (Å²) >= 11 is 0. The lowest BCUT2D eigenvalue weighted by Gasteiger charge is -2.19. The van der Waals surface area contributed by atoms with Gasteiger partial charge in [0, 0.05) is 18.8 Å². The Morgan fingerprint density at radius 3 is 2.30 bits per heavy atom. The Balaban J connectivity index is 2.34. The van der Waals surface area contributed by atoms with Crippen molar-refractivity contribution in [3.05, 3.63) is 48.6 Å². The minimum absolute atomic E-state index is 0.0299. The maximum atomic E-state index is 10.4. The van der Waals surface area contributed by atoms with Crippen molar-refractivity contribution in [1.29, 1.82) is 0 Å². The summed E-state index contributed by atoms with van der Waals surface area (Å²) in [7, 11) is 0. The van der Waals surface area contributed by atoms with Gasteiger partial charge in [0.05, 0.1) is 18.3 Å². The molecule has 1 aliphatic rings. The van der Waals surface area contributed by atoms with Gasteiger partial charge in [0.15, 0.2) is 0 Å². The summed E-state index contributed by atoms with van der Waals surface area (Å²) in [5.74, 6) is -0.936. The van der Waals surface area contributed by atoms with E-state index in [4.69, 9.17) is 5.11 Å². The zero-order valence-electron chi connectivity index (χ0n) is 16.2. The van der Waals surface area contributed by atoms with Crippen molar-refractivity contribution in [2.45, 2.75) is 70.2 Å². The van der Waals surface area contributed by atoms with Crippen molar-refractivity contribution in [1.82, 2.24) is 0 Å². The molecule has 1 saturated carbocycles. The first kappa shape index (κ1) is 23.3. The summed E-state index contributed by atoms with van der Waals surface area (Å²) in [6.45, 7) is 1.90. The number of hydrogen-bond donors (Lipinski definition) is 4. The van der Waals surface area contributed by atoms with Crippen LogP contribution in [0.5, 0.6) is 0 Å². The molecule has 0 aromatic carbocycles. The first-order valence-corrected chi connectivity index (χ1v) is 9.85. The molecular weight excluding hydrogens is 344 g/mol. The van der Waals surface area contributed by atoms with Crippen LogP contribution in [0.15, 0.2) is 48.6 Å². The number of carbonyl (C=O) groups is 1. The average molecular weight is 379 g/mol. The smallest absolute Gasteiger partial charge is 0.303 e. The maximum Gasteiger partial charge on any atom is 0.303 e. The normalized spacial score (nSPS) is 27.6. The fraction of sp³-hybridized carbons (Fsp3) is 0.591. The van der Waals surface area contributed by atoms with E-state index in [1.165, 1.54) is 0 Å². The molecule has 5 heteroatoms. The largest absolute Gasteiger partial charge is 0.481 e. The molecule has 0 aromatic rings. The number of carboxylic acid groups (broad SMARTS) is 1. The molecule has 0 heterocycles. The van der Waals surface area contributed by atoms with Crippen LogP contribution in [0, 0.1) is 11.8 Å². The van der Waals surface area contributed by atoms with Gasteiger partial charge in [0.25, 0.3) is 0 Å². The predicted molar refractivity (Wildman–Crippen MR) is 107 cm³/mol. The molecule has 0 saturated heterocycles. The first-order valence-electron chi connectivity index (χ1n) is 9.85. The fourth-order valence-electron chi connectivity index (χ4n) is 3.22. The second kappa shape index (κ2) is 13.5. The number of rotatable bonds is 12. The molecule has 152 valence electrons. The van der Waals surface area contributed by atoms with Crippen LogP contribution in [0.3, 0.4) is 0 Å². The molecule has 1 rings (SSSR count). The van der Waals surface area contributed by atoms with Gasteiger partial charge in [-0.2, -0.15) is 0 Å². The van der Waals surface area contributed by atoms with Crippen LogP contribution >= 0.6 is 0 Å². The number of allylic oxidation sites excluding steroid dienone is 6. The van der Waals surface area contributed by atoms with Crippen molar-refractivity contribution >= 4 is 5.97 Å². The van der Waals surface area contributed by atoms with Gasteiger partial charge in [-0.3, -0.25) is 4.79 Å². The average Bonchev–Trinajstić information content (AvgIpc) is 2.90. The number of aliphatic hydroxyl groups is 3. The molecule has 0 bridgehead atoms. The van der Waals surface area contributed by atoms with Gasteiger partial charge in [-0.25, -0.2) is 0 Å². The second-order valence-corrected chi connectivity index (χ2v) is 7.03. The molecule has 0 spiro atoms. The Hall–Kier alpha value is -1.69. The Morgan fingerprint density at radius 2 is 1.67 bits per heavy atom. The zero-order valence-corrected chi connectivity index (χ0v) is 16.2. The Bertz CT molecular complexity index is 535. The summed E-state index contributed by atoms with van der Waals surface area (Å²) in [6.07, 6.45) is 18.0. The van der Waals surface area contributed by atoms with Gasteiger partial charge in [-0.15, -0.1) is 0 Å². The highest BCUT2D eigenvalue weighted by Crippen LogP contribution is 2.36. The summed E-state index contributed by atoms with van der Waals surface area (Å²) < 4.78 is 0. The van der Waals surface area contributed by atoms with E-state index in [0.29, 0.717) is 25.7 Å². The minimum atomic E-state index is -0.778.